The number of allylic oxidation sites excluding steroid dienone is 3. The maximum atomic E-state index is 2.26. The van der Waals surface area contributed by atoms with Crippen molar-refractivity contribution >= 4 is 11.8 Å². The minimum absolute atomic E-state index is 1.38. The van der Waals surface area contributed by atoms with Gasteiger partial charge in [-0.25, -0.2) is 0 Å². The van der Waals surface area contributed by atoms with E-state index in [1.165, 1.54) is 21.2 Å². The molecule has 0 aromatic heterocycles. The van der Waals surface area contributed by atoms with Crippen LogP contribution in [0.3, 0.4) is 0 Å². The van der Waals surface area contributed by atoms with E-state index >= 15 is 0 Å². The zero-order valence-electron chi connectivity index (χ0n) is 7.86. The highest BCUT2D eigenvalue weighted by Gasteiger charge is 2.19. The minimum atomic E-state index is 1.38. The Morgan fingerprint density at radius 1 is 1.27 bits per heavy atom. The molecule has 0 aromatic carbocycles. The van der Waals surface area contributed by atoms with E-state index in [1.54, 1.807) is 0 Å². The first kappa shape index (κ1) is 8.72. The van der Waals surface area contributed by atoms with Crippen molar-refractivity contribution in [2.24, 2.45) is 0 Å². The Labute approximate surface area is 73.2 Å². The van der Waals surface area contributed by atoms with Gasteiger partial charge in [-0.05, 0) is 33.3 Å². The highest BCUT2D eigenvalue weighted by atomic mass is 32.2. The molecule has 0 unspecified atom stereocenters. The van der Waals surface area contributed by atoms with E-state index in [0.717, 1.165) is 0 Å². The van der Waals surface area contributed by atoms with E-state index in [0.29, 0.717) is 0 Å². The first-order valence-electron chi connectivity index (χ1n) is 3.80. The summed E-state index contributed by atoms with van der Waals surface area (Å²) in [4.78, 5) is 3.68. The van der Waals surface area contributed by atoms with Gasteiger partial charge in [0.25, 0.3) is 0 Å². The molecule has 2 heteroatoms. The Morgan fingerprint density at radius 2 is 1.82 bits per heavy atom. The van der Waals surface area contributed by atoms with Crippen LogP contribution in [-0.4, -0.2) is 11.9 Å². The largest absolute Gasteiger partial charge is 0.342 e. The molecular formula is C9H15NS. The summed E-state index contributed by atoms with van der Waals surface area (Å²) < 4.78 is 0. The van der Waals surface area contributed by atoms with Crippen LogP contribution >= 0.6 is 11.8 Å². The lowest BCUT2D eigenvalue weighted by atomic mass is 10.3. The Kier molecular flexibility index (Phi) is 2.33. The smallest absolute Gasteiger partial charge is 0.0779 e. The molecule has 0 saturated carbocycles. The fraction of sp³-hybridized carbons (Fsp3) is 0.556. The number of thioether (sulfide) groups is 1. The number of hydrogen-bond acceptors (Lipinski definition) is 2. The quantitative estimate of drug-likeness (QED) is 0.548. The minimum Gasteiger partial charge on any atom is -0.342 e. The van der Waals surface area contributed by atoms with Crippen molar-refractivity contribution < 1.29 is 0 Å². The van der Waals surface area contributed by atoms with Crippen LogP contribution in [0, 0.1) is 0 Å². The van der Waals surface area contributed by atoms with Crippen molar-refractivity contribution in [3.8, 4) is 0 Å². The van der Waals surface area contributed by atoms with E-state index < -0.39 is 0 Å². The Hall–Kier alpha value is -0.370. The molecule has 0 radical (unpaired) electrons. The maximum Gasteiger partial charge on any atom is 0.0779 e. The van der Waals surface area contributed by atoms with E-state index in [1.807, 2.05) is 11.8 Å². The first-order valence-corrected chi connectivity index (χ1v) is 4.62. The van der Waals surface area contributed by atoms with Gasteiger partial charge in [-0.15, -0.1) is 0 Å². The van der Waals surface area contributed by atoms with Crippen LogP contribution in [0.1, 0.15) is 27.7 Å². The van der Waals surface area contributed by atoms with Crippen molar-refractivity contribution in [3.63, 3.8) is 0 Å². The van der Waals surface area contributed by atoms with Gasteiger partial charge in [-0.1, -0.05) is 11.8 Å². The molecule has 11 heavy (non-hydrogen) atoms. The molecule has 0 N–H and O–H groups in total. The fourth-order valence-corrected chi connectivity index (χ4v) is 2.17. The molecule has 0 fully saturated rings. The second-order valence-electron chi connectivity index (χ2n) is 3.11. The van der Waals surface area contributed by atoms with Crippen LogP contribution in [0.2, 0.25) is 0 Å². The van der Waals surface area contributed by atoms with Crippen LogP contribution in [-0.2, 0) is 0 Å². The summed E-state index contributed by atoms with van der Waals surface area (Å²) in [7, 11) is 2.13. The molecule has 1 rings (SSSR count). The van der Waals surface area contributed by atoms with E-state index in [2.05, 4.69) is 39.6 Å². The lowest BCUT2D eigenvalue weighted by Gasteiger charge is -2.15. The molecule has 0 aromatic rings. The van der Waals surface area contributed by atoms with Gasteiger partial charge in [0.05, 0.1) is 5.03 Å². The topological polar surface area (TPSA) is 3.24 Å². The third kappa shape index (κ3) is 1.45. The van der Waals surface area contributed by atoms with Crippen LogP contribution in [0.15, 0.2) is 21.2 Å². The molecule has 0 atom stereocenters. The summed E-state index contributed by atoms with van der Waals surface area (Å²) in [5.41, 5.74) is 2.78. The SMILES string of the molecule is CC(C)=C1SC(C)=C(C)N1C. The van der Waals surface area contributed by atoms with Gasteiger partial charge in [0.1, 0.15) is 0 Å². The number of nitrogens with zero attached hydrogens (tertiary/aromatic N) is 1. The van der Waals surface area contributed by atoms with Gasteiger partial charge in [-0.2, -0.15) is 0 Å². The molecule has 1 nitrogen and oxygen atoms in total. The number of rotatable bonds is 0. The summed E-state index contributed by atoms with van der Waals surface area (Å²) in [6.07, 6.45) is 0. The van der Waals surface area contributed by atoms with Crippen molar-refractivity contribution in [1.29, 1.82) is 0 Å². The van der Waals surface area contributed by atoms with Gasteiger partial charge < -0.3 is 4.90 Å². The molecule has 0 spiro atoms. The molecule has 62 valence electrons. The number of hydrogen-bond donors (Lipinski definition) is 0. The predicted octanol–water partition coefficient (Wildman–Crippen LogP) is 3.17. The van der Waals surface area contributed by atoms with E-state index in [-0.39, 0.29) is 0 Å². The Bertz CT molecular complexity index is 234. The molecule has 0 saturated heterocycles. The first-order chi connectivity index (χ1) is 5.04. The zero-order chi connectivity index (χ0) is 8.59. The van der Waals surface area contributed by atoms with Crippen LogP contribution in [0.4, 0.5) is 0 Å². The van der Waals surface area contributed by atoms with Gasteiger partial charge in [0.15, 0.2) is 0 Å². The van der Waals surface area contributed by atoms with Crippen molar-refractivity contribution in [1.82, 2.24) is 4.90 Å². The summed E-state index contributed by atoms with van der Waals surface area (Å²) in [5.74, 6) is 0. The van der Waals surface area contributed by atoms with Gasteiger partial charge in [-0.3, -0.25) is 0 Å². The highest BCUT2D eigenvalue weighted by Crippen LogP contribution is 2.40. The molecule has 1 aliphatic heterocycles. The molecule has 1 heterocycles. The van der Waals surface area contributed by atoms with E-state index in [4.69, 9.17) is 0 Å². The van der Waals surface area contributed by atoms with Crippen LogP contribution in [0.5, 0.6) is 0 Å². The standard InChI is InChI=1S/C9H15NS/c1-6(2)9-10(5)7(3)8(4)11-9/h1-5H3. The second-order valence-corrected chi connectivity index (χ2v) is 4.31. The second kappa shape index (κ2) is 2.94. The highest BCUT2D eigenvalue weighted by molar-refractivity contribution is 8.06. The Balaban J connectivity index is 2.96. The van der Waals surface area contributed by atoms with Gasteiger partial charge >= 0.3 is 0 Å². The van der Waals surface area contributed by atoms with Crippen molar-refractivity contribution in [3.05, 3.63) is 21.2 Å². The molecule has 0 bridgehead atoms. The third-order valence-electron chi connectivity index (χ3n) is 1.99. The van der Waals surface area contributed by atoms with E-state index in [9.17, 15) is 0 Å². The lowest BCUT2D eigenvalue weighted by molar-refractivity contribution is 0.558. The summed E-state index contributed by atoms with van der Waals surface area (Å²) in [6.45, 7) is 8.65. The zero-order valence-corrected chi connectivity index (χ0v) is 8.67. The maximum absolute atomic E-state index is 2.26. The third-order valence-corrected chi connectivity index (χ3v) is 3.47. The van der Waals surface area contributed by atoms with Crippen molar-refractivity contribution in [2.45, 2.75) is 27.7 Å². The summed E-state index contributed by atoms with van der Waals surface area (Å²) >= 11 is 1.87. The molecule has 0 aliphatic carbocycles. The Morgan fingerprint density at radius 3 is 2.00 bits per heavy atom. The lowest BCUT2D eigenvalue weighted by Crippen LogP contribution is -2.09. The van der Waals surface area contributed by atoms with Crippen LogP contribution in [0.25, 0.3) is 0 Å². The average molecular weight is 169 g/mol. The summed E-state index contributed by atoms with van der Waals surface area (Å²) in [6, 6.07) is 0. The molecule has 1 aliphatic rings. The summed E-state index contributed by atoms with van der Waals surface area (Å²) in [5, 5.41) is 1.39. The molecular weight excluding hydrogens is 154 g/mol. The van der Waals surface area contributed by atoms with Crippen LogP contribution < -0.4 is 0 Å². The predicted molar refractivity (Wildman–Crippen MR) is 52.1 cm³/mol. The fourth-order valence-electron chi connectivity index (χ4n) is 1.11. The molecule has 0 amide bonds. The van der Waals surface area contributed by atoms with Gasteiger partial charge in [0, 0.05) is 17.6 Å². The monoisotopic (exact) mass is 169 g/mol. The van der Waals surface area contributed by atoms with Gasteiger partial charge in [0.2, 0.25) is 0 Å². The van der Waals surface area contributed by atoms with Crippen molar-refractivity contribution in [2.75, 3.05) is 7.05 Å². The average Bonchev–Trinajstić information content (AvgIpc) is 2.17. The normalized spacial score (nSPS) is 18.3.